The fourth-order valence-electron chi connectivity index (χ4n) is 2.92. The van der Waals surface area contributed by atoms with E-state index in [0.29, 0.717) is 23.8 Å². The number of hydrogen-bond acceptors (Lipinski definition) is 4. The van der Waals surface area contributed by atoms with Crippen molar-refractivity contribution >= 4 is 21.6 Å². The summed E-state index contributed by atoms with van der Waals surface area (Å²) in [6.45, 7) is 0.553. The van der Waals surface area contributed by atoms with Gasteiger partial charge in [-0.05, 0) is 48.6 Å². The van der Waals surface area contributed by atoms with E-state index in [-0.39, 0.29) is 0 Å². The first kappa shape index (κ1) is 15.0. The molecule has 0 unspecified atom stereocenters. The Labute approximate surface area is 141 Å². The smallest absolute Gasteiger partial charge is 0.254 e. The number of aromatic nitrogens is 1. The summed E-state index contributed by atoms with van der Waals surface area (Å²) < 4.78 is 28.1. The highest BCUT2D eigenvalue weighted by molar-refractivity contribution is 7.94. The van der Waals surface area contributed by atoms with Crippen LogP contribution in [0.1, 0.15) is 18.5 Å². The van der Waals surface area contributed by atoms with Crippen LogP contribution in [0.15, 0.2) is 36.5 Å². The molecule has 0 N–H and O–H groups in total. The van der Waals surface area contributed by atoms with Crippen LogP contribution >= 0.6 is 0 Å². The fourth-order valence-corrected chi connectivity index (χ4v) is 4.41. The normalized spacial score (nSPS) is 18.3. The van der Waals surface area contributed by atoms with E-state index in [2.05, 4.69) is 4.98 Å². The molecule has 1 saturated carbocycles. The monoisotopic (exact) mass is 340 g/mol. The second kappa shape index (κ2) is 5.21. The molecule has 7 heteroatoms. The van der Waals surface area contributed by atoms with Gasteiger partial charge in [0.25, 0.3) is 0 Å². The van der Waals surface area contributed by atoms with Crippen LogP contribution in [-0.4, -0.2) is 27.0 Å². The van der Waals surface area contributed by atoms with Crippen molar-refractivity contribution in [3.8, 4) is 17.2 Å². The van der Waals surface area contributed by atoms with Crippen LogP contribution in [0.4, 0.5) is 11.4 Å². The van der Waals surface area contributed by atoms with E-state index in [4.69, 9.17) is 5.26 Å². The Kier molecular flexibility index (Phi) is 3.25. The maximum absolute atomic E-state index is 12.6. The summed E-state index contributed by atoms with van der Waals surface area (Å²) in [5.74, 6) is 0.474. The number of rotatable bonds is 3. The van der Waals surface area contributed by atoms with Crippen LogP contribution in [0, 0.1) is 17.2 Å². The quantitative estimate of drug-likeness (QED) is 0.860. The van der Waals surface area contributed by atoms with Crippen molar-refractivity contribution < 1.29 is 8.42 Å². The van der Waals surface area contributed by atoms with Gasteiger partial charge >= 0.3 is 10.2 Å². The summed E-state index contributed by atoms with van der Waals surface area (Å²) in [6.07, 6.45) is 3.83. The lowest BCUT2D eigenvalue weighted by Gasteiger charge is -2.18. The Morgan fingerprint density at radius 1 is 1.21 bits per heavy atom. The Balaban J connectivity index is 1.75. The van der Waals surface area contributed by atoms with E-state index in [9.17, 15) is 8.42 Å². The standard InChI is InChI=1S/C17H16N4O2S/c1-20-17-8-13(14-4-6-15(9-18)19-10-14)5-7-16(17)21(24(20,22)23)11-12-2-3-12/h4-8,10,12H,2-3,11H2,1H3. The molecule has 0 amide bonds. The van der Waals surface area contributed by atoms with Crippen LogP contribution in [0.3, 0.4) is 0 Å². The highest BCUT2D eigenvalue weighted by atomic mass is 32.2. The molecule has 4 rings (SSSR count). The van der Waals surface area contributed by atoms with Crippen LogP contribution in [0.5, 0.6) is 0 Å². The third-order valence-corrected chi connectivity index (χ3v) is 6.33. The zero-order chi connectivity index (χ0) is 16.9. The van der Waals surface area contributed by atoms with Gasteiger partial charge in [0.2, 0.25) is 0 Å². The van der Waals surface area contributed by atoms with Crippen LogP contribution in [0.25, 0.3) is 11.1 Å². The minimum atomic E-state index is -3.48. The van der Waals surface area contributed by atoms with Crippen molar-refractivity contribution in [3.05, 3.63) is 42.2 Å². The van der Waals surface area contributed by atoms with Gasteiger partial charge in [0.15, 0.2) is 0 Å². The second-order valence-corrected chi connectivity index (χ2v) is 8.08. The predicted octanol–water partition coefficient (Wildman–Crippen LogP) is 2.53. The number of hydrogen-bond donors (Lipinski definition) is 0. The lowest BCUT2D eigenvalue weighted by atomic mass is 10.1. The van der Waals surface area contributed by atoms with E-state index in [1.54, 1.807) is 19.3 Å². The van der Waals surface area contributed by atoms with E-state index in [1.807, 2.05) is 30.3 Å². The molecule has 2 aliphatic rings. The molecule has 1 aromatic carbocycles. The van der Waals surface area contributed by atoms with E-state index in [0.717, 1.165) is 29.7 Å². The first-order valence-electron chi connectivity index (χ1n) is 7.78. The lowest BCUT2D eigenvalue weighted by molar-refractivity contribution is 0.590. The fraction of sp³-hybridized carbons (Fsp3) is 0.294. The summed E-state index contributed by atoms with van der Waals surface area (Å²) in [5.41, 5.74) is 3.49. The number of benzene rings is 1. The van der Waals surface area contributed by atoms with Crippen molar-refractivity contribution in [1.82, 2.24) is 4.98 Å². The average molecular weight is 340 g/mol. The highest BCUT2D eigenvalue weighted by Gasteiger charge is 2.40. The molecule has 0 saturated heterocycles. The summed E-state index contributed by atoms with van der Waals surface area (Å²) in [6, 6.07) is 11.1. The second-order valence-electron chi connectivity index (χ2n) is 6.20. The molecule has 6 nitrogen and oxygen atoms in total. The van der Waals surface area contributed by atoms with Gasteiger partial charge in [-0.3, -0.25) is 8.61 Å². The first-order chi connectivity index (χ1) is 11.5. The molecular formula is C17H16N4O2S. The van der Waals surface area contributed by atoms with Crippen LogP contribution in [-0.2, 0) is 10.2 Å². The van der Waals surface area contributed by atoms with Crippen molar-refractivity contribution in [3.63, 3.8) is 0 Å². The average Bonchev–Trinajstić information content (AvgIpc) is 3.40. The van der Waals surface area contributed by atoms with Gasteiger partial charge in [-0.1, -0.05) is 6.07 Å². The van der Waals surface area contributed by atoms with E-state index >= 15 is 0 Å². The predicted molar refractivity (Wildman–Crippen MR) is 91.8 cm³/mol. The number of nitriles is 1. The Morgan fingerprint density at radius 3 is 2.58 bits per heavy atom. The van der Waals surface area contributed by atoms with Gasteiger partial charge in [-0.25, -0.2) is 4.98 Å². The lowest BCUT2D eigenvalue weighted by Crippen LogP contribution is -2.36. The molecule has 1 aromatic heterocycles. The van der Waals surface area contributed by atoms with Gasteiger partial charge in [-0.15, -0.1) is 0 Å². The Bertz CT molecular complexity index is 944. The molecular weight excluding hydrogens is 324 g/mol. The number of pyridine rings is 1. The molecule has 1 aliphatic carbocycles. The van der Waals surface area contributed by atoms with E-state index in [1.165, 1.54) is 8.61 Å². The van der Waals surface area contributed by atoms with Gasteiger partial charge in [0, 0.05) is 25.4 Å². The molecule has 0 atom stereocenters. The minimum Gasteiger partial charge on any atom is -0.254 e. The third kappa shape index (κ3) is 2.31. The maximum Gasteiger partial charge on any atom is 0.326 e. The number of anilines is 2. The van der Waals surface area contributed by atoms with Gasteiger partial charge in [0.05, 0.1) is 11.4 Å². The maximum atomic E-state index is 12.6. The third-order valence-electron chi connectivity index (χ3n) is 4.54. The Morgan fingerprint density at radius 2 is 1.96 bits per heavy atom. The largest absolute Gasteiger partial charge is 0.326 e. The molecule has 0 bridgehead atoms. The zero-order valence-electron chi connectivity index (χ0n) is 13.2. The topological polar surface area (TPSA) is 77.3 Å². The van der Waals surface area contributed by atoms with Crippen molar-refractivity contribution in [2.45, 2.75) is 12.8 Å². The number of nitrogens with zero attached hydrogens (tertiary/aromatic N) is 4. The number of fused-ring (bicyclic) bond motifs is 1. The molecule has 2 heterocycles. The molecule has 1 aliphatic heterocycles. The Hall–Kier alpha value is -2.59. The van der Waals surface area contributed by atoms with E-state index < -0.39 is 10.2 Å². The van der Waals surface area contributed by atoms with Crippen molar-refractivity contribution in [2.75, 3.05) is 22.2 Å². The molecule has 0 spiro atoms. The minimum absolute atomic E-state index is 0.357. The summed E-state index contributed by atoms with van der Waals surface area (Å²) in [4.78, 5) is 4.07. The summed E-state index contributed by atoms with van der Waals surface area (Å²) >= 11 is 0. The first-order valence-corrected chi connectivity index (χ1v) is 9.17. The van der Waals surface area contributed by atoms with Gasteiger partial charge in [0.1, 0.15) is 11.8 Å². The SMILES string of the molecule is CN1c2cc(-c3ccc(C#N)nc3)ccc2N(CC2CC2)S1(=O)=O. The molecule has 122 valence electrons. The molecule has 0 radical (unpaired) electrons. The summed E-state index contributed by atoms with van der Waals surface area (Å²) in [5, 5.41) is 8.83. The molecule has 2 aromatic rings. The van der Waals surface area contributed by atoms with Crippen molar-refractivity contribution in [1.29, 1.82) is 5.26 Å². The highest BCUT2D eigenvalue weighted by Crippen LogP contribution is 2.44. The van der Waals surface area contributed by atoms with Gasteiger partial charge in [-0.2, -0.15) is 13.7 Å². The molecule has 1 fully saturated rings. The van der Waals surface area contributed by atoms with Crippen LogP contribution < -0.4 is 8.61 Å². The van der Waals surface area contributed by atoms with Crippen LogP contribution in [0.2, 0.25) is 0 Å². The van der Waals surface area contributed by atoms with Crippen molar-refractivity contribution in [2.24, 2.45) is 5.92 Å². The molecule has 24 heavy (non-hydrogen) atoms. The zero-order valence-corrected chi connectivity index (χ0v) is 14.0. The van der Waals surface area contributed by atoms with Gasteiger partial charge < -0.3 is 0 Å². The summed E-state index contributed by atoms with van der Waals surface area (Å²) in [7, 11) is -1.90.